The SMILES string of the molecule is CC1(C)c2ccccc2-c2ccc(N(c3ccc(-c4ccc5c(c4)Oc4ccccc4N5c4ccccc4)cc3)c3ccc4c(c3)C(C)(C)c3ccccc3-4)cc21. The van der Waals surface area contributed by atoms with E-state index in [4.69, 9.17) is 4.74 Å². The minimum absolute atomic E-state index is 0.107. The molecule has 0 bridgehead atoms. The molecule has 0 spiro atoms. The molecule has 8 aromatic carbocycles. The summed E-state index contributed by atoms with van der Waals surface area (Å²) in [6, 6.07) is 66.2. The van der Waals surface area contributed by atoms with Gasteiger partial charge in [0.1, 0.15) is 0 Å². The maximum absolute atomic E-state index is 6.57. The molecule has 0 saturated heterocycles. The Bertz CT molecular complexity index is 2780. The lowest BCUT2D eigenvalue weighted by Crippen LogP contribution is -2.18. The molecule has 8 aromatic rings. The van der Waals surface area contributed by atoms with Crippen molar-refractivity contribution in [1.29, 1.82) is 0 Å². The fourth-order valence-corrected chi connectivity index (χ4v) is 9.70. The standard InChI is InChI=1S/C54H42N2O/c1-53(2)45-18-10-8-16-41(45)43-29-27-39(33-47(43)53)55(40-28-30-44-42-17-9-11-19-46(42)54(3,4)48(44)34-40)38-25-22-35(23-26-38)36-24-31-50-52(32-36)57-51-21-13-12-20-49(51)56(50)37-14-6-5-7-15-37/h5-34H,1-4H3. The van der Waals surface area contributed by atoms with Gasteiger partial charge in [0.05, 0.1) is 11.4 Å². The Hall–Kier alpha value is -6.84. The van der Waals surface area contributed by atoms with Gasteiger partial charge >= 0.3 is 0 Å². The molecule has 3 aliphatic rings. The van der Waals surface area contributed by atoms with Crippen molar-refractivity contribution < 1.29 is 4.74 Å². The second-order valence-corrected chi connectivity index (χ2v) is 16.6. The molecule has 11 rings (SSSR count). The van der Waals surface area contributed by atoms with Crippen molar-refractivity contribution in [3.05, 3.63) is 204 Å². The molecule has 0 atom stereocenters. The van der Waals surface area contributed by atoms with Crippen LogP contribution in [-0.4, -0.2) is 0 Å². The molecule has 274 valence electrons. The molecule has 2 aliphatic carbocycles. The van der Waals surface area contributed by atoms with E-state index in [2.05, 4.69) is 207 Å². The molecule has 3 nitrogen and oxygen atoms in total. The predicted octanol–water partition coefficient (Wildman–Crippen LogP) is 15.0. The molecule has 0 fully saturated rings. The van der Waals surface area contributed by atoms with Gasteiger partial charge in [-0.05, 0) is 128 Å². The predicted molar refractivity (Wildman–Crippen MR) is 236 cm³/mol. The summed E-state index contributed by atoms with van der Waals surface area (Å²) < 4.78 is 6.57. The van der Waals surface area contributed by atoms with Crippen LogP contribution in [0, 0.1) is 0 Å². The third kappa shape index (κ3) is 5.05. The first-order chi connectivity index (χ1) is 27.8. The van der Waals surface area contributed by atoms with Gasteiger partial charge in [0.15, 0.2) is 11.5 Å². The second-order valence-electron chi connectivity index (χ2n) is 16.6. The highest BCUT2D eigenvalue weighted by atomic mass is 16.5. The van der Waals surface area contributed by atoms with Gasteiger partial charge < -0.3 is 14.5 Å². The van der Waals surface area contributed by atoms with Crippen molar-refractivity contribution >= 4 is 34.1 Å². The van der Waals surface area contributed by atoms with E-state index in [0.717, 1.165) is 56.8 Å². The van der Waals surface area contributed by atoms with E-state index in [9.17, 15) is 0 Å². The molecular weight excluding hydrogens is 693 g/mol. The average Bonchev–Trinajstić information content (AvgIpc) is 3.62. The summed E-state index contributed by atoms with van der Waals surface area (Å²) in [6.07, 6.45) is 0. The van der Waals surface area contributed by atoms with E-state index in [-0.39, 0.29) is 10.8 Å². The third-order valence-electron chi connectivity index (χ3n) is 12.7. The van der Waals surface area contributed by atoms with Crippen molar-refractivity contribution in [1.82, 2.24) is 0 Å². The van der Waals surface area contributed by atoms with E-state index in [0.29, 0.717) is 0 Å². The van der Waals surface area contributed by atoms with Gasteiger partial charge in [0.2, 0.25) is 0 Å². The minimum atomic E-state index is -0.107. The normalized spacial score (nSPS) is 14.7. The van der Waals surface area contributed by atoms with Crippen LogP contribution in [0.3, 0.4) is 0 Å². The molecule has 0 aromatic heterocycles. The molecule has 3 heteroatoms. The van der Waals surface area contributed by atoms with Crippen molar-refractivity contribution in [3.63, 3.8) is 0 Å². The van der Waals surface area contributed by atoms with E-state index >= 15 is 0 Å². The third-order valence-corrected chi connectivity index (χ3v) is 12.7. The molecule has 1 aliphatic heterocycles. The molecular formula is C54H42N2O. The number of fused-ring (bicyclic) bond motifs is 8. The Morgan fingerprint density at radius 2 is 0.877 bits per heavy atom. The van der Waals surface area contributed by atoms with Crippen LogP contribution >= 0.6 is 0 Å². The largest absolute Gasteiger partial charge is 0.453 e. The summed E-state index contributed by atoms with van der Waals surface area (Å²) in [5.74, 6) is 1.68. The van der Waals surface area contributed by atoms with Crippen molar-refractivity contribution in [2.75, 3.05) is 9.80 Å². The van der Waals surface area contributed by atoms with Crippen LogP contribution in [0.4, 0.5) is 34.1 Å². The van der Waals surface area contributed by atoms with Crippen LogP contribution in [0.1, 0.15) is 49.9 Å². The van der Waals surface area contributed by atoms with Crippen molar-refractivity contribution in [2.24, 2.45) is 0 Å². The summed E-state index contributed by atoms with van der Waals surface area (Å²) in [7, 11) is 0. The maximum Gasteiger partial charge on any atom is 0.152 e. The Kier molecular flexibility index (Phi) is 7.25. The van der Waals surface area contributed by atoms with Crippen LogP contribution in [-0.2, 0) is 10.8 Å². The number of ether oxygens (including phenoxy) is 1. The summed E-state index contributed by atoms with van der Waals surface area (Å²) in [5, 5.41) is 0. The quantitative estimate of drug-likeness (QED) is 0.175. The van der Waals surface area contributed by atoms with E-state index in [1.165, 1.54) is 44.5 Å². The van der Waals surface area contributed by atoms with E-state index in [1.807, 2.05) is 12.1 Å². The van der Waals surface area contributed by atoms with Gasteiger partial charge in [-0.25, -0.2) is 0 Å². The number of para-hydroxylation sites is 3. The molecule has 57 heavy (non-hydrogen) atoms. The minimum Gasteiger partial charge on any atom is -0.453 e. The Balaban J connectivity index is 1.01. The molecule has 0 unspecified atom stereocenters. The van der Waals surface area contributed by atoms with Crippen molar-refractivity contribution in [3.8, 4) is 44.9 Å². The number of benzene rings is 8. The zero-order valence-electron chi connectivity index (χ0n) is 32.6. The van der Waals surface area contributed by atoms with Crippen LogP contribution in [0.5, 0.6) is 11.5 Å². The molecule has 1 heterocycles. The molecule has 0 radical (unpaired) electrons. The fourth-order valence-electron chi connectivity index (χ4n) is 9.70. The van der Waals surface area contributed by atoms with Gasteiger partial charge in [-0.1, -0.05) is 137 Å². The lowest BCUT2D eigenvalue weighted by atomic mass is 9.82. The molecule has 0 saturated carbocycles. The van der Waals surface area contributed by atoms with E-state index in [1.54, 1.807) is 0 Å². The summed E-state index contributed by atoms with van der Waals surface area (Å²) in [5.41, 5.74) is 19.4. The van der Waals surface area contributed by atoms with Crippen LogP contribution in [0.2, 0.25) is 0 Å². The highest BCUT2D eigenvalue weighted by Crippen LogP contribution is 2.54. The van der Waals surface area contributed by atoms with E-state index < -0.39 is 0 Å². The molecule has 0 amide bonds. The lowest BCUT2D eigenvalue weighted by molar-refractivity contribution is 0.477. The molecule has 0 N–H and O–H groups in total. The zero-order valence-corrected chi connectivity index (χ0v) is 32.6. The Morgan fingerprint density at radius 3 is 1.51 bits per heavy atom. The lowest BCUT2D eigenvalue weighted by Gasteiger charge is -2.33. The van der Waals surface area contributed by atoms with Gasteiger partial charge in [-0.2, -0.15) is 0 Å². The van der Waals surface area contributed by atoms with Crippen LogP contribution in [0.25, 0.3) is 33.4 Å². The van der Waals surface area contributed by atoms with Gasteiger partial charge in [0.25, 0.3) is 0 Å². The second kappa shape index (κ2) is 12.3. The summed E-state index contributed by atoms with van der Waals surface area (Å²) in [4.78, 5) is 4.72. The monoisotopic (exact) mass is 734 g/mol. The number of anilines is 6. The van der Waals surface area contributed by atoms with Gasteiger partial charge in [-0.3, -0.25) is 0 Å². The smallest absolute Gasteiger partial charge is 0.152 e. The zero-order chi connectivity index (χ0) is 38.5. The average molecular weight is 735 g/mol. The highest BCUT2D eigenvalue weighted by molar-refractivity contribution is 5.90. The van der Waals surface area contributed by atoms with Crippen molar-refractivity contribution in [2.45, 2.75) is 38.5 Å². The van der Waals surface area contributed by atoms with Gasteiger partial charge in [-0.15, -0.1) is 0 Å². The number of hydrogen-bond acceptors (Lipinski definition) is 3. The van der Waals surface area contributed by atoms with Gasteiger partial charge in [0, 0.05) is 33.6 Å². The first-order valence-corrected chi connectivity index (χ1v) is 19.9. The maximum atomic E-state index is 6.57. The number of nitrogens with zero attached hydrogens (tertiary/aromatic N) is 2. The highest BCUT2D eigenvalue weighted by Gasteiger charge is 2.38. The van der Waals surface area contributed by atoms with Crippen LogP contribution < -0.4 is 14.5 Å². The first kappa shape index (κ1) is 33.5. The number of rotatable bonds is 5. The summed E-state index contributed by atoms with van der Waals surface area (Å²) in [6.45, 7) is 9.43. The van der Waals surface area contributed by atoms with Crippen LogP contribution in [0.15, 0.2) is 182 Å². The fraction of sp³-hybridized carbons (Fsp3) is 0.111. The topological polar surface area (TPSA) is 15.7 Å². The first-order valence-electron chi connectivity index (χ1n) is 19.9. The Labute approximate surface area is 335 Å². The summed E-state index contributed by atoms with van der Waals surface area (Å²) >= 11 is 0. The Morgan fingerprint density at radius 1 is 0.386 bits per heavy atom. The number of hydrogen-bond donors (Lipinski definition) is 0.